The van der Waals surface area contributed by atoms with Gasteiger partial charge < -0.3 is 4.90 Å². The summed E-state index contributed by atoms with van der Waals surface area (Å²) in [6, 6.07) is 1.64. The molecule has 1 saturated heterocycles. The van der Waals surface area contributed by atoms with Crippen molar-refractivity contribution in [1.29, 1.82) is 0 Å². The molecule has 5 nitrogen and oxygen atoms in total. The van der Waals surface area contributed by atoms with Gasteiger partial charge in [0.1, 0.15) is 16.8 Å². The van der Waals surface area contributed by atoms with Crippen LogP contribution in [-0.4, -0.2) is 43.0 Å². The number of halogens is 1. The quantitative estimate of drug-likeness (QED) is 0.781. The summed E-state index contributed by atoms with van der Waals surface area (Å²) in [5.41, 5.74) is -0.206. The van der Waals surface area contributed by atoms with Crippen molar-refractivity contribution in [3.63, 3.8) is 0 Å². The van der Waals surface area contributed by atoms with Gasteiger partial charge in [-0.25, -0.2) is 18.4 Å². The molecule has 2 heterocycles. The van der Waals surface area contributed by atoms with Crippen LogP contribution in [-0.2, 0) is 15.3 Å². The van der Waals surface area contributed by atoms with Gasteiger partial charge in [0, 0.05) is 24.6 Å². The lowest BCUT2D eigenvalue weighted by molar-refractivity contribution is 0.542. The first-order valence-electron chi connectivity index (χ1n) is 6.57. The van der Waals surface area contributed by atoms with Crippen molar-refractivity contribution < 1.29 is 8.42 Å². The Hall–Kier alpha value is -0.880. The number of hydrogen-bond acceptors (Lipinski definition) is 5. The van der Waals surface area contributed by atoms with Gasteiger partial charge in [0.2, 0.25) is 0 Å². The Morgan fingerprint density at radius 1 is 1.35 bits per heavy atom. The number of anilines is 1. The van der Waals surface area contributed by atoms with E-state index in [1.807, 2.05) is 32.7 Å². The molecule has 2 rings (SSSR count). The number of rotatable bonds is 2. The molecule has 112 valence electrons. The van der Waals surface area contributed by atoms with E-state index in [9.17, 15) is 8.42 Å². The Morgan fingerprint density at radius 3 is 2.50 bits per heavy atom. The Bertz CT molecular complexity index is 611. The maximum absolute atomic E-state index is 11.6. The van der Waals surface area contributed by atoms with E-state index >= 15 is 0 Å². The predicted molar refractivity (Wildman–Crippen MR) is 81.2 cm³/mol. The van der Waals surface area contributed by atoms with Crippen LogP contribution < -0.4 is 4.90 Å². The largest absolute Gasteiger partial charge is 0.355 e. The highest BCUT2D eigenvalue weighted by Crippen LogP contribution is 2.26. The highest BCUT2D eigenvalue weighted by Gasteiger charge is 2.32. The van der Waals surface area contributed by atoms with Crippen molar-refractivity contribution in [2.75, 3.05) is 23.5 Å². The zero-order valence-electron chi connectivity index (χ0n) is 12.2. The lowest BCUT2D eigenvalue weighted by atomic mass is 9.96. The van der Waals surface area contributed by atoms with Crippen molar-refractivity contribution in [1.82, 2.24) is 9.97 Å². The summed E-state index contributed by atoms with van der Waals surface area (Å²) in [6.07, 6.45) is 0.630. The van der Waals surface area contributed by atoms with Crippen molar-refractivity contribution in [2.45, 2.75) is 38.6 Å². The van der Waals surface area contributed by atoms with Gasteiger partial charge in [-0.3, -0.25) is 0 Å². The minimum Gasteiger partial charge on any atom is -0.355 e. The van der Waals surface area contributed by atoms with Gasteiger partial charge in [-0.15, -0.1) is 0 Å². The Morgan fingerprint density at radius 2 is 2.00 bits per heavy atom. The molecule has 0 aromatic carbocycles. The smallest absolute Gasteiger partial charge is 0.152 e. The highest BCUT2D eigenvalue weighted by molar-refractivity contribution is 7.91. The maximum atomic E-state index is 11.6. The number of sulfone groups is 1. The van der Waals surface area contributed by atoms with Crippen LogP contribution >= 0.6 is 11.6 Å². The second-order valence-electron chi connectivity index (χ2n) is 6.29. The molecule has 0 bridgehead atoms. The van der Waals surface area contributed by atoms with Gasteiger partial charge in [0.15, 0.2) is 9.84 Å². The monoisotopic (exact) mass is 317 g/mol. The molecular formula is C13H20ClN3O2S. The molecule has 0 saturated carbocycles. The zero-order valence-corrected chi connectivity index (χ0v) is 13.8. The Kier molecular flexibility index (Phi) is 3.99. The van der Waals surface area contributed by atoms with E-state index in [-0.39, 0.29) is 23.0 Å². The van der Waals surface area contributed by atoms with Crippen LogP contribution in [0.2, 0.25) is 5.15 Å². The fraction of sp³-hybridized carbons (Fsp3) is 0.692. The molecule has 0 radical (unpaired) electrons. The molecule has 0 N–H and O–H groups in total. The van der Waals surface area contributed by atoms with E-state index in [0.717, 1.165) is 0 Å². The first kappa shape index (κ1) is 15.5. The maximum Gasteiger partial charge on any atom is 0.152 e. The molecule has 1 aromatic heterocycles. The number of hydrogen-bond donors (Lipinski definition) is 0. The molecular weight excluding hydrogens is 298 g/mol. The molecule has 1 atom stereocenters. The SMILES string of the molecule is CN(c1cc(Cl)nc(C(C)(C)C)n1)C1CCS(=O)(=O)C1. The molecule has 1 fully saturated rings. The molecule has 0 amide bonds. The molecule has 1 unspecified atom stereocenters. The van der Waals surface area contributed by atoms with Crippen LogP contribution in [0.5, 0.6) is 0 Å². The number of aromatic nitrogens is 2. The van der Waals surface area contributed by atoms with Gasteiger partial charge in [0.25, 0.3) is 0 Å². The lowest BCUT2D eigenvalue weighted by Crippen LogP contribution is -2.34. The average Bonchev–Trinajstić information content (AvgIpc) is 2.67. The molecule has 0 spiro atoms. The average molecular weight is 318 g/mol. The third-order valence-electron chi connectivity index (χ3n) is 3.47. The summed E-state index contributed by atoms with van der Waals surface area (Å²) in [6.45, 7) is 6.05. The van der Waals surface area contributed by atoms with Gasteiger partial charge in [-0.1, -0.05) is 32.4 Å². The fourth-order valence-corrected chi connectivity index (χ4v) is 4.14. The Balaban J connectivity index is 2.31. The summed E-state index contributed by atoms with van der Waals surface area (Å²) in [7, 11) is -1.06. The van der Waals surface area contributed by atoms with E-state index in [2.05, 4.69) is 9.97 Å². The van der Waals surface area contributed by atoms with E-state index in [4.69, 9.17) is 11.6 Å². The van der Waals surface area contributed by atoms with Crippen LogP contribution in [0.3, 0.4) is 0 Å². The van der Waals surface area contributed by atoms with Crippen LogP contribution in [0, 0.1) is 0 Å². The lowest BCUT2D eigenvalue weighted by Gasteiger charge is -2.26. The summed E-state index contributed by atoms with van der Waals surface area (Å²) in [5.74, 6) is 1.76. The summed E-state index contributed by atoms with van der Waals surface area (Å²) in [5, 5.41) is 0.382. The van der Waals surface area contributed by atoms with Crippen LogP contribution in [0.15, 0.2) is 6.07 Å². The fourth-order valence-electron chi connectivity index (χ4n) is 2.19. The number of nitrogens with zero attached hydrogens (tertiary/aromatic N) is 3. The molecule has 7 heteroatoms. The van der Waals surface area contributed by atoms with Crippen molar-refractivity contribution in [2.24, 2.45) is 0 Å². The first-order chi connectivity index (χ1) is 9.08. The molecule has 1 aliphatic heterocycles. The minimum atomic E-state index is -2.92. The summed E-state index contributed by atoms with van der Waals surface area (Å²) in [4.78, 5) is 10.7. The molecule has 20 heavy (non-hydrogen) atoms. The van der Waals surface area contributed by atoms with Gasteiger partial charge in [-0.05, 0) is 6.42 Å². The van der Waals surface area contributed by atoms with Crippen LogP contribution in [0.4, 0.5) is 5.82 Å². The van der Waals surface area contributed by atoms with Crippen LogP contribution in [0.25, 0.3) is 0 Å². The second-order valence-corrected chi connectivity index (χ2v) is 8.91. The molecule has 0 aliphatic carbocycles. The Labute approximate surface area is 125 Å². The minimum absolute atomic E-state index is 0.0428. The van der Waals surface area contributed by atoms with Crippen molar-refractivity contribution in [3.8, 4) is 0 Å². The third-order valence-corrected chi connectivity index (χ3v) is 5.41. The normalized spacial score (nSPS) is 21.9. The standard InChI is InChI=1S/C13H20ClN3O2S/c1-13(2,3)12-15-10(14)7-11(16-12)17(4)9-5-6-20(18,19)8-9/h7,9H,5-6,8H2,1-4H3. The van der Waals surface area contributed by atoms with Gasteiger partial charge in [0.05, 0.1) is 11.5 Å². The molecule has 1 aromatic rings. The van der Waals surface area contributed by atoms with Crippen molar-refractivity contribution in [3.05, 3.63) is 17.0 Å². The zero-order chi connectivity index (χ0) is 15.1. The molecule has 1 aliphatic rings. The van der Waals surface area contributed by atoms with Gasteiger partial charge >= 0.3 is 0 Å². The van der Waals surface area contributed by atoms with Crippen LogP contribution in [0.1, 0.15) is 33.0 Å². The second kappa shape index (κ2) is 5.15. The van der Waals surface area contributed by atoms with Gasteiger partial charge in [-0.2, -0.15) is 0 Å². The predicted octanol–water partition coefficient (Wildman–Crippen LogP) is 2.05. The first-order valence-corrected chi connectivity index (χ1v) is 8.77. The highest BCUT2D eigenvalue weighted by atomic mass is 35.5. The van der Waals surface area contributed by atoms with Crippen molar-refractivity contribution >= 4 is 27.3 Å². The van der Waals surface area contributed by atoms with E-state index in [0.29, 0.717) is 23.2 Å². The van der Waals surface area contributed by atoms with E-state index in [1.54, 1.807) is 6.07 Å². The third kappa shape index (κ3) is 3.41. The summed E-state index contributed by atoms with van der Waals surface area (Å²) >= 11 is 6.07. The topological polar surface area (TPSA) is 63.2 Å². The summed E-state index contributed by atoms with van der Waals surface area (Å²) < 4.78 is 23.2. The van der Waals surface area contributed by atoms with E-state index < -0.39 is 9.84 Å². The van der Waals surface area contributed by atoms with E-state index in [1.165, 1.54) is 0 Å².